The molecule has 3 heterocycles. The SMILES string of the molecule is CC.CC(C)Oc1nc(Nc2ccc3nccc(-c4cccc(F)c4)c3c2)nc2nc[nH]c12.CN. The summed E-state index contributed by atoms with van der Waals surface area (Å²) in [5.41, 5.74) is 8.90. The average molecular weight is 476 g/mol. The van der Waals surface area contributed by atoms with Crippen LogP contribution in [0.5, 0.6) is 5.88 Å². The van der Waals surface area contributed by atoms with E-state index in [1.807, 2.05) is 58.0 Å². The van der Waals surface area contributed by atoms with Gasteiger partial charge in [0.05, 0.1) is 17.9 Å². The number of nitrogens with two attached hydrogens (primary N) is 1. The number of nitrogens with zero attached hydrogens (tertiary/aromatic N) is 4. The highest BCUT2D eigenvalue weighted by Crippen LogP contribution is 2.31. The fraction of sp³-hybridized carbons (Fsp3) is 0.231. The molecule has 0 bridgehead atoms. The van der Waals surface area contributed by atoms with Crippen LogP contribution in [0.4, 0.5) is 16.0 Å². The van der Waals surface area contributed by atoms with Crippen LogP contribution in [0.3, 0.4) is 0 Å². The maximum absolute atomic E-state index is 13.8. The number of H-pyrrole nitrogens is 1. The molecule has 3 aromatic heterocycles. The van der Waals surface area contributed by atoms with Gasteiger partial charge in [-0.25, -0.2) is 9.37 Å². The number of aromatic amines is 1. The van der Waals surface area contributed by atoms with Crippen LogP contribution in [-0.2, 0) is 0 Å². The Morgan fingerprint density at radius 3 is 2.54 bits per heavy atom. The van der Waals surface area contributed by atoms with Crippen molar-refractivity contribution >= 4 is 33.7 Å². The first kappa shape index (κ1) is 25.5. The Morgan fingerprint density at radius 1 is 1.00 bits per heavy atom. The Balaban J connectivity index is 0.000000815. The second kappa shape index (κ2) is 11.8. The maximum Gasteiger partial charge on any atom is 0.245 e. The number of anilines is 2. The van der Waals surface area contributed by atoms with Crippen LogP contribution in [0.2, 0.25) is 0 Å². The Morgan fingerprint density at radius 2 is 1.80 bits per heavy atom. The number of halogens is 1. The third-order valence-corrected chi connectivity index (χ3v) is 4.73. The van der Waals surface area contributed by atoms with Gasteiger partial charge in [-0.05, 0) is 68.4 Å². The zero-order valence-electron chi connectivity index (χ0n) is 20.5. The lowest BCUT2D eigenvalue weighted by molar-refractivity contribution is 0.235. The molecule has 4 N–H and O–H groups in total. The third-order valence-electron chi connectivity index (χ3n) is 4.73. The number of ether oxygens (including phenoxy) is 1. The number of rotatable bonds is 5. The van der Waals surface area contributed by atoms with Gasteiger partial charge in [0.15, 0.2) is 5.65 Å². The smallest absolute Gasteiger partial charge is 0.245 e. The van der Waals surface area contributed by atoms with Crippen molar-refractivity contribution in [1.82, 2.24) is 24.9 Å². The second-order valence-corrected chi connectivity index (χ2v) is 7.35. The molecule has 0 unspecified atom stereocenters. The third kappa shape index (κ3) is 5.88. The van der Waals surface area contributed by atoms with Gasteiger partial charge in [-0.3, -0.25) is 4.98 Å². The number of imidazole rings is 1. The van der Waals surface area contributed by atoms with E-state index in [-0.39, 0.29) is 11.9 Å². The van der Waals surface area contributed by atoms with E-state index in [9.17, 15) is 4.39 Å². The minimum Gasteiger partial charge on any atom is -0.473 e. The van der Waals surface area contributed by atoms with Crippen LogP contribution in [0.1, 0.15) is 27.7 Å². The number of nitrogens with one attached hydrogen (secondary N) is 2. The monoisotopic (exact) mass is 475 g/mol. The standard InChI is InChI=1S/C23H19FN6O.C2H6.CH5N/c1-13(2)31-22-20-21(27-12-26-20)29-23(30-22)28-16-6-7-19-18(11-16)17(8-9-25-19)14-4-3-5-15(24)10-14;2*1-2/h3-13H,1-2H3,(H2,26,27,28,29,30);1-2H3;2H2,1H3. The first-order chi connectivity index (χ1) is 17.1. The Kier molecular flexibility index (Phi) is 8.63. The molecule has 182 valence electrons. The van der Waals surface area contributed by atoms with Crippen molar-refractivity contribution in [3.63, 3.8) is 0 Å². The molecule has 9 heteroatoms. The lowest BCUT2D eigenvalue weighted by Gasteiger charge is -2.12. The molecule has 5 rings (SSSR count). The molecular weight excluding hydrogens is 445 g/mol. The number of hydrogen-bond acceptors (Lipinski definition) is 7. The topological polar surface area (TPSA) is 115 Å². The lowest BCUT2D eigenvalue weighted by atomic mass is 10.0. The molecule has 5 aromatic rings. The van der Waals surface area contributed by atoms with E-state index in [2.05, 4.69) is 36.0 Å². The molecule has 0 spiro atoms. The fourth-order valence-corrected chi connectivity index (χ4v) is 3.43. The number of benzene rings is 2. The van der Waals surface area contributed by atoms with Gasteiger partial charge in [0.2, 0.25) is 11.8 Å². The predicted molar refractivity (Wildman–Crippen MR) is 139 cm³/mol. The highest BCUT2D eigenvalue weighted by molar-refractivity contribution is 5.96. The Bertz CT molecular complexity index is 1400. The summed E-state index contributed by atoms with van der Waals surface area (Å²) < 4.78 is 19.6. The summed E-state index contributed by atoms with van der Waals surface area (Å²) >= 11 is 0. The van der Waals surface area contributed by atoms with Gasteiger partial charge in [-0.1, -0.05) is 26.0 Å². The van der Waals surface area contributed by atoms with Crippen LogP contribution >= 0.6 is 0 Å². The summed E-state index contributed by atoms with van der Waals surface area (Å²) in [6.45, 7) is 7.86. The van der Waals surface area contributed by atoms with E-state index in [4.69, 9.17) is 4.74 Å². The zero-order chi connectivity index (χ0) is 25.4. The normalized spacial score (nSPS) is 10.4. The number of pyridine rings is 1. The van der Waals surface area contributed by atoms with E-state index in [0.717, 1.165) is 27.7 Å². The molecule has 0 aliphatic rings. The lowest BCUT2D eigenvalue weighted by Crippen LogP contribution is -2.09. The van der Waals surface area contributed by atoms with Crippen molar-refractivity contribution in [3.8, 4) is 17.0 Å². The summed E-state index contributed by atoms with van der Waals surface area (Å²) in [6, 6.07) is 14.1. The number of fused-ring (bicyclic) bond motifs is 2. The summed E-state index contributed by atoms with van der Waals surface area (Å²) in [4.78, 5) is 20.6. The van der Waals surface area contributed by atoms with E-state index in [1.165, 1.54) is 19.2 Å². The first-order valence-corrected chi connectivity index (χ1v) is 11.4. The van der Waals surface area contributed by atoms with Crippen molar-refractivity contribution < 1.29 is 9.13 Å². The molecular formula is C26H30FN7O. The maximum atomic E-state index is 13.8. The molecule has 35 heavy (non-hydrogen) atoms. The Labute approximate surface area is 203 Å². The molecule has 0 saturated carbocycles. The molecule has 2 aromatic carbocycles. The van der Waals surface area contributed by atoms with Crippen LogP contribution in [0.15, 0.2) is 61.1 Å². The summed E-state index contributed by atoms with van der Waals surface area (Å²) in [7, 11) is 1.50. The molecule has 0 aliphatic heterocycles. The van der Waals surface area contributed by atoms with E-state index < -0.39 is 0 Å². The molecule has 0 radical (unpaired) electrons. The Hall–Kier alpha value is -4.11. The largest absolute Gasteiger partial charge is 0.473 e. The van der Waals surface area contributed by atoms with Gasteiger partial charge in [-0.2, -0.15) is 9.97 Å². The minimum absolute atomic E-state index is 0.0465. The van der Waals surface area contributed by atoms with E-state index in [0.29, 0.717) is 23.0 Å². The van der Waals surface area contributed by atoms with Gasteiger partial charge in [0, 0.05) is 17.3 Å². The van der Waals surface area contributed by atoms with Gasteiger partial charge >= 0.3 is 0 Å². The second-order valence-electron chi connectivity index (χ2n) is 7.35. The van der Waals surface area contributed by atoms with Crippen LogP contribution in [0, 0.1) is 5.82 Å². The number of aromatic nitrogens is 5. The molecule has 0 aliphatic carbocycles. The highest BCUT2D eigenvalue weighted by atomic mass is 19.1. The summed E-state index contributed by atoms with van der Waals surface area (Å²) in [5.74, 6) is 0.517. The molecule has 0 atom stereocenters. The molecule has 0 amide bonds. The van der Waals surface area contributed by atoms with Gasteiger partial charge in [0.25, 0.3) is 0 Å². The highest BCUT2D eigenvalue weighted by Gasteiger charge is 2.13. The van der Waals surface area contributed by atoms with Crippen molar-refractivity contribution in [2.75, 3.05) is 12.4 Å². The number of hydrogen-bond donors (Lipinski definition) is 3. The first-order valence-electron chi connectivity index (χ1n) is 11.4. The predicted octanol–water partition coefficient (Wildman–Crippen LogP) is 5.84. The van der Waals surface area contributed by atoms with Gasteiger partial charge in [0.1, 0.15) is 11.3 Å². The van der Waals surface area contributed by atoms with Gasteiger partial charge < -0.3 is 20.8 Å². The van der Waals surface area contributed by atoms with Crippen molar-refractivity contribution in [3.05, 3.63) is 66.9 Å². The van der Waals surface area contributed by atoms with Crippen LogP contribution in [0.25, 0.3) is 33.2 Å². The molecule has 8 nitrogen and oxygen atoms in total. The van der Waals surface area contributed by atoms with Crippen molar-refractivity contribution in [2.45, 2.75) is 33.8 Å². The quantitative estimate of drug-likeness (QED) is 0.292. The van der Waals surface area contributed by atoms with Crippen LogP contribution in [-0.4, -0.2) is 38.1 Å². The summed E-state index contributed by atoms with van der Waals surface area (Å²) in [5, 5.41) is 4.11. The molecule has 0 fully saturated rings. The van der Waals surface area contributed by atoms with E-state index in [1.54, 1.807) is 18.6 Å². The fourth-order valence-electron chi connectivity index (χ4n) is 3.43. The minimum atomic E-state index is -0.282. The van der Waals surface area contributed by atoms with Crippen LogP contribution < -0.4 is 15.8 Å². The van der Waals surface area contributed by atoms with Crippen molar-refractivity contribution in [1.29, 1.82) is 0 Å². The average Bonchev–Trinajstić information content (AvgIpc) is 3.35. The molecule has 0 saturated heterocycles. The zero-order valence-corrected chi connectivity index (χ0v) is 20.5. The van der Waals surface area contributed by atoms with Gasteiger partial charge in [-0.15, -0.1) is 0 Å². The summed E-state index contributed by atoms with van der Waals surface area (Å²) in [6.07, 6.45) is 3.23. The van der Waals surface area contributed by atoms with E-state index >= 15 is 0 Å². The van der Waals surface area contributed by atoms with Crippen molar-refractivity contribution in [2.24, 2.45) is 5.73 Å².